The molecule has 2 aliphatic rings. The molecule has 0 aromatic rings. The van der Waals surface area contributed by atoms with Crippen molar-refractivity contribution in [1.82, 2.24) is 0 Å². The Kier molecular flexibility index (Phi) is 1.38. The van der Waals surface area contributed by atoms with Gasteiger partial charge in [0.05, 0.1) is 12.2 Å². The van der Waals surface area contributed by atoms with Gasteiger partial charge >= 0.3 is 0 Å². The summed E-state index contributed by atoms with van der Waals surface area (Å²) in [7, 11) is 0. The first-order valence-electron chi connectivity index (χ1n) is 4.33. The molecule has 1 saturated heterocycles. The molecular weight excluding hydrogens is 150 g/mol. The highest BCUT2D eigenvalue weighted by Gasteiger charge is 2.50. The van der Waals surface area contributed by atoms with Gasteiger partial charge in [-0.15, -0.1) is 0 Å². The van der Waals surface area contributed by atoms with Gasteiger partial charge in [0.1, 0.15) is 6.10 Å². The summed E-state index contributed by atoms with van der Waals surface area (Å²) >= 11 is 0. The number of fused-ring (bicyclic) bond motifs is 1. The highest BCUT2D eigenvalue weighted by Crippen LogP contribution is 2.48. The first kappa shape index (κ1) is 7.82. The Bertz CT molecular complexity index is 295. The average Bonchev–Trinajstić information content (AvgIpc) is 2.65. The van der Waals surface area contributed by atoms with Crippen LogP contribution in [0.25, 0.3) is 0 Å². The van der Waals surface area contributed by atoms with Crippen molar-refractivity contribution in [2.24, 2.45) is 5.41 Å². The van der Waals surface area contributed by atoms with E-state index in [1.54, 1.807) is 0 Å². The summed E-state index contributed by atoms with van der Waals surface area (Å²) < 4.78 is 5.45. The second kappa shape index (κ2) is 2.11. The van der Waals surface area contributed by atoms with Crippen molar-refractivity contribution < 1.29 is 4.74 Å². The Labute approximate surface area is 72.8 Å². The fraction of sp³-hybridized carbons (Fsp3) is 0.700. The minimum Gasteiger partial charge on any atom is -0.365 e. The molecule has 1 aliphatic carbocycles. The standard InChI is InChI=1S/C10H13NO/c1-6-7(5-11)10(2,3)4-8-9(6)12-8/h8-9H,4H2,1-3H3/t8-,9+/m0/s1. The molecule has 0 radical (unpaired) electrons. The lowest BCUT2D eigenvalue weighted by Crippen LogP contribution is -2.24. The molecule has 0 aromatic carbocycles. The molecule has 1 heterocycles. The van der Waals surface area contributed by atoms with Gasteiger partial charge in [-0.1, -0.05) is 13.8 Å². The summed E-state index contributed by atoms with van der Waals surface area (Å²) in [5.74, 6) is 0. The van der Waals surface area contributed by atoms with Gasteiger partial charge in [0.15, 0.2) is 0 Å². The summed E-state index contributed by atoms with van der Waals surface area (Å²) in [6.45, 7) is 6.25. The van der Waals surface area contributed by atoms with E-state index < -0.39 is 0 Å². The molecule has 1 aliphatic heterocycles. The molecule has 0 spiro atoms. The van der Waals surface area contributed by atoms with Crippen LogP contribution >= 0.6 is 0 Å². The van der Waals surface area contributed by atoms with Crippen molar-refractivity contribution in [2.45, 2.75) is 39.4 Å². The smallest absolute Gasteiger partial charge is 0.106 e. The summed E-state index contributed by atoms with van der Waals surface area (Å²) in [4.78, 5) is 0. The van der Waals surface area contributed by atoms with E-state index in [1.165, 1.54) is 0 Å². The van der Waals surface area contributed by atoms with Crippen molar-refractivity contribution in [3.05, 3.63) is 11.1 Å². The highest BCUT2D eigenvalue weighted by atomic mass is 16.6. The molecule has 12 heavy (non-hydrogen) atoms. The third-order valence-electron chi connectivity index (χ3n) is 2.90. The predicted octanol–water partition coefficient (Wildman–Crippen LogP) is 2.02. The van der Waals surface area contributed by atoms with E-state index >= 15 is 0 Å². The van der Waals surface area contributed by atoms with E-state index in [1.807, 2.05) is 6.92 Å². The second-order valence-electron chi connectivity index (χ2n) is 4.35. The largest absolute Gasteiger partial charge is 0.365 e. The highest BCUT2D eigenvalue weighted by molar-refractivity contribution is 5.40. The van der Waals surface area contributed by atoms with Crippen LogP contribution in [0, 0.1) is 16.7 Å². The summed E-state index contributed by atoms with van der Waals surface area (Å²) in [5, 5.41) is 8.97. The van der Waals surface area contributed by atoms with Crippen LogP contribution in [-0.2, 0) is 4.74 Å². The Morgan fingerprint density at radius 2 is 2.25 bits per heavy atom. The molecule has 2 rings (SSSR count). The number of nitrogens with zero attached hydrogens (tertiary/aromatic N) is 1. The number of hydrogen-bond acceptors (Lipinski definition) is 2. The number of hydrogen-bond donors (Lipinski definition) is 0. The molecule has 1 fully saturated rings. The molecular formula is C10H13NO. The molecule has 2 nitrogen and oxygen atoms in total. The van der Waals surface area contributed by atoms with Crippen molar-refractivity contribution >= 4 is 0 Å². The normalized spacial score (nSPS) is 37.2. The Morgan fingerprint density at radius 1 is 1.58 bits per heavy atom. The lowest BCUT2D eigenvalue weighted by molar-refractivity contribution is 0.325. The predicted molar refractivity (Wildman–Crippen MR) is 45.4 cm³/mol. The van der Waals surface area contributed by atoms with E-state index in [0.29, 0.717) is 6.10 Å². The summed E-state index contributed by atoms with van der Waals surface area (Å²) in [6, 6.07) is 2.30. The fourth-order valence-electron chi connectivity index (χ4n) is 2.20. The third-order valence-corrected chi connectivity index (χ3v) is 2.90. The van der Waals surface area contributed by atoms with Gasteiger partial charge < -0.3 is 4.74 Å². The van der Waals surface area contributed by atoms with Gasteiger partial charge in [-0.3, -0.25) is 0 Å². The van der Waals surface area contributed by atoms with Gasteiger partial charge in [-0.05, 0) is 18.9 Å². The SMILES string of the molecule is CC1=C(C#N)C(C)(C)C[C@@H]2O[C@H]12. The number of nitriles is 1. The maximum atomic E-state index is 8.97. The molecule has 64 valence electrons. The van der Waals surface area contributed by atoms with Crippen LogP contribution in [0.15, 0.2) is 11.1 Å². The van der Waals surface area contributed by atoms with Gasteiger partial charge in [0.2, 0.25) is 0 Å². The van der Waals surface area contributed by atoms with E-state index in [9.17, 15) is 0 Å². The monoisotopic (exact) mass is 163 g/mol. The Balaban J connectivity index is 2.44. The maximum Gasteiger partial charge on any atom is 0.106 e. The number of ether oxygens (including phenoxy) is 1. The molecule has 0 bridgehead atoms. The van der Waals surface area contributed by atoms with Crippen molar-refractivity contribution in [3.63, 3.8) is 0 Å². The summed E-state index contributed by atoms with van der Waals surface area (Å²) in [5.41, 5.74) is 2.11. The van der Waals surface area contributed by atoms with Gasteiger partial charge in [0, 0.05) is 11.0 Å². The molecule has 0 aromatic heterocycles. The lowest BCUT2D eigenvalue weighted by Gasteiger charge is -2.27. The number of epoxide rings is 1. The van der Waals surface area contributed by atoms with Crippen molar-refractivity contribution in [3.8, 4) is 6.07 Å². The Hall–Kier alpha value is -0.810. The molecule has 0 unspecified atom stereocenters. The van der Waals surface area contributed by atoms with Crippen LogP contribution in [0.3, 0.4) is 0 Å². The quantitative estimate of drug-likeness (QED) is 0.512. The zero-order valence-electron chi connectivity index (χ0n) is 7.72. The lowest BCUT2D eigenvalue weighted by atomic mass is 9.73. The maximum absolute atomic E-state index is 8.97. The van der Waals surface area contributed by atoms with Crippen LogP contribution in [-0.4, -0.2) is 12.2 Å². The zero-order chi connectivity index (χ0) is 8.93. The van der Waals surface area contributed by atoms with Gasteiger partial charge in [-0.25, -0.2) is 0 Å². The van der Waals surface area contributed by atoms with Crippen LogP contribution in [0.2, 0.25) is 0 Å². The topological polar surface area (TPSA) is 36.3 Å². The van der Waals surface area contributed by atoms with E-state index in [-0.39, 0.29) is 11.5 Å². The van der Waals surface area contributed by atoms with Crippen LogP contribution in [0.4, 0.5) is 0 Å². The zero-order valence-corrected chi connectivity index (χ0v) is 7.72. The molecule has 0 saturated carbocycles. The molecule has 2 heteroatoms. The van der Waals surface area contributed by atoms with Crippen LogP contribution in [0.5, 0.6) is 0 Å². The van der Waals surface area contributed by atoms with Gasteiger partial charge in [-0.2, -0.15) is 5.26 Å². The van der Waals surface area contributed by atoms with E-state index in [2.05, 4.69) is 19.9 Å². The minimum atomic E-state index is 0.0243. The van der Waals surface area contributed by atoms with Crippen LogP contribution in [0.1, 0.15) is 27.2 Å². The number of allylic oxidation sites excluding steroid dienone is 1. The Morgan fingerprint density at radius 3 is 2.83 bits per heavy atom. The average molecular weight is 163 g/mol. The van der Waals surface area contributed by atoms with Crippen LogP contribution < -0.4 is 0 Å². The van der Waals surface area contributed by atoms with E-state index in [0.717, 1.165) is 17.6 Å². The first-order chi connectivity index (χ1) is 5.56. The molecule has 0 amide bonds. The second-order valence-corrected chi connectivity index (χ2v) is 4.35. The van der Waals surface area contributed by atoms with Gasteiger partial charge in [0.25, 0.3) is 0 Å². The number of rotatable bonds is 0. The van der Waals surface area contributed by atoms with Crippen molar-refractivity contribution in [2.75, 3.05) is 0 Å². The van der Waals surface area contributed by atoms with Crippen molar-refractivity contribution in [1.29, 1.82) is 5.26 Å². The minimum absolute atomic E-state index is 0.0243. The molecule has 2 atom stereocenters. The fourth-order valence-corrected chi connectivity index (χ4v) is 2.20. The van der Waals surface area contributed by atoms with E-state index in [4.69, 9.17) is 10.00 Å². The third kappa shape index (κ3) is 0.899. The summed E-state index contributed by atoms with van der Waals surface area (Å²) in [6.07, 6.45) is 1.67. The first-order valence-corrected chi connectivity index (χ1v) is 4.33. The molecule has 0 N–H and O–H groups in total.